The van der Waals surface area contributed by atoms with Crippen molar-refractivity contribution in [1.29, 1.82) is 0 Å². The van der Waals surface area contributed by atoms with Crippen LogP contribution in [0.25, 0.3) is 0 Å². The number of nitrogens with zero attached hydrogens (tertiary/aromatic N) is 1. The Morgan fingerprint density at radius 2 is 2.07 bits per heavy atom. The van der Waals surface area contributed by atoms with E-state index in [1.165, 1.54) is 6.92 Å². The third-order valence-electron chi connectivity index (χ3n) is 1.67. The Labute approximate surface area is 98.0 Å². The SMILES string of the molecule is Cc1cnc(S(=O)(=O)Cl)c(Br)c1C(F)F. The largest absolute Gasteiger partial charge is 0.279 e. The summed E-state index contributed by atoms with van der Waals surface area (Å²) in [6.45, 7) is 1.41. The van der Waals surface area contributed by atoms with Crippen molar-refractivity contribution in [1.82, 2.24) is 4.98 Å². The molecule has 1 aromatic heterocycles. The second-order valence-electron chi connectivity index (χ2n) is 2.71. The lowest BCUT2D eigenvalue weighted by molar-refractivity contribution is 0.149. The van der Waals surface area contributed by atoms with Crippen LogP contribution in [0.3, 0.4) is 0 Å². The van der Waals surface area contributed by atoms with Crippen LogP contribution in [0.5, 0.6) is 0 Å². The Kier molecular flexibility index (Phi) is 3.67. The summed E-state index contributed by atoms with van der Waals surface area (Å²) in [4.78, 5) is 3.49. The van der Waals surface area contributed by atoms with Crippen molar-refractivity contribution < 1.29 is 17.2 Å². The molecule has 0 fully saturated rings. The fourth-order valence-corrected chi connectivity index (χ4v) is 3.37. The van der Waals surface area contributed by atoms with Crippen molar-refractivity contribution in [3.05, 3.63) is 21.8 Å². The van der Waals surface area contributed by atoms with Gasteiger partial charge in [0.2, 0.25) is 0 Å². The zero-order valence-electron chi connectivity index (χ0n) is 7.34. The molecule has 0 saturated carbocycles. The van der Waals surface area contributed by atoms with Gasteiger partial charge in [-0.2, -0.15) is 0 Å². The number of hydrogen-bond acceptors (Lipinski definition) is 3. The van der Waals surface area contributed by atoms with Crippen LogP contribution >= 0.6 is 26.6 Å². The molecule has 1 aromatic rings. The van der Waals surface area contributed by atoms with Crippen LogP contribution < -0.4 is 0 Å². The molecule has 0 saturated heterocycles. The summed E-state index contributed by atoms with van der Waals surface area (Å²) in [6.07, 6.45) is -1.75. The minimum absolute atomic E-state index is 0.195. The zero-order valence-corrected chi connectivity index (χ0v) is 10.5. The third-order valence-corrected chi connectivity index (χ3v) is 3.95. The molecule has 3 nitrogen and oxygen atoms in total. The van der Waals surface area contributed by atoms with E-state index in [2.05, 4.69) is 20.9 Å². The van der Waals surface area contributed by atoms with Crippen molar-refractivity contribution in [2.24, 2.45) is 0 Å². The van der Waals surface area contributed by atoms with Gasteiger partial charge in [0, 0.05) is 22.4 Å². The van der Waals surface area contributed by atoms with Crippen LogP contribution in [0.1, 0.15) is 17.6 Å². The monoisotopic (exact) mass is 319 g/mol. The molecule has 1 rings (SSSR count). The normalized spacial score (nSPS) is 12.1. The van der Waals surface area contributed by atoms with E-state index in [0.717, 1.165) is 6.20 Å². The van der Waals surface area contributed by atoms with Crippen LogP contribution in [0, 0.1) is 6.92 Å². The van der Waals surface area contributed by atoms with E-state index in [1.54, 1.807) is 0 Å². The summed E-state index contributed by atoms with van der Waals surface area (Å²) in [7, 11) is 0.902. The van der Waals surface area contributed by atoms with E-state index in [-0.39, 0.29) is 10.0 Å². The lowest BCUT2D eigenvalue weighted by atomic mass is 10.2. The van der Waals surface area contributed by atoms with Crippen molar-refractivity contribution >= 4 is 35.7 Å². The molecule has 0 aliphatic heterocycles. The average molecular weight is 321 g/mol. The van der Waals surface area contributed by atoms with Gasteiger partial charge in [-0.1, -0.05) is 0 Å². The maximum absolute atomic E-state index is 12.6. The molecule has 15 heavy (non-hydrogen) atoms. The van der Waals surface area contributed by atoms with E-state index < -0.39 is 26.1 Å². The second kappa shape index (κ2) is 4.31. The van der Waals surface area contributed by atoms with Gasteiger partial charge in [-0.15, -0.1) is 0 Å². The first kappa shape index (κ1) is 12.8. The average Bonchev–Trinajstić information content (AvgIpc) is 2.00. The van der Waals surface area contributed by atoms with Crippen molar-refractivity contribution in [3.8, 4) is 0 Å². The minimum atomic E-state index is -4.13. The maximum Gasteiger partial charge on any atom is 0.279 e. The number of aryl methyl sites for hydroxylation is 1. The van der Waals surface area contributed by atoms with Gasteiger partial charge >= 0.3 is 0 Å². The number of pyridine rings is 1. The van der Waals surface area contributed by atoms with E-state index in [4.69, 9.17) is 10.7 Å². The standard InChI is InChI=1S/C7H5BrClF2NO2S/c1-3-2-12-7(15(9,13)14)5(8)4(3)6(10)11/h2,6H,1H3. The Balaban J connectivity index is 3.56. The number of aromatic nitrogens is 1. The number of hydrogen-bond donors (Lipinski definition) is 0. The predicted octanol–water partition coefficient (Wildman–Crippen LogP) is 3.02. The Bertz CT molecular complexity index is 492. The summed E-state index contributed by atoms with van der Waals surface area (Å²) in [5.74, 6) is 0. The van der Waals surface area contributed by atoms with Crippen LogP contribution in [-0.4, -0.2) is 13.4 Å². The molecule has 0 atom stereocenters. The molecular weight excluding hydrogens is 316 g/mol. The van der Waals surface area contributed by atoms with Gasteiger partial charge < -0.3 is 0 Å². The molecule has 0 amide bonds. The van der Waals surface area contributed by atoms with Crippen molar-refractivity contribution in [2.45, 2.75) is 18.4 Å². The molecule has 84 valence electrons. The fraction of sp³-hybridized carbons (Fsp3) is 0.286. The van der Waals surface area contributed by atoms with Gasteiger partial charge in [-0.05, 0) is 28.4 Å². The number of rotatable bonds is 2. The highest BCUT2D eigenvalue weighted by molar-refractivity contribution is 9.10. The first-order valence-electron chi connectivity index (χ1n) is 3.63. The highest BCUT2D eigenvalue weighted by atomic mass is 79.9. The first-order chi connectivity index (χ1) is 6.75. The molecule has 8 heteroatoms. The fourth-order valence-electron chi connectivity index (χ4n) is 1.01. The summed E-state index contributed by atoms with van der Waals surface area (Å²) < 4.78 is 46.8. The molecule has 0 radical (unpaired) electrons. The molecule has 0 spiro atoms. The molecule has 0 unspecified atom stereocenters. The molecule has 0 aromatic carbocycles. The van der Waals surface area contributed by atoms with Crippen molar-refractivity contribution in [3.63, 3.8) is 0 Å². The first-order valence-corrected chi connectivity index (χ1v) is 6.73. The van der Waals surface area contributed by atoms with Gasteiger partial charge in [-0.3, -0.25) is 0 Å². The third kappa shape index (κ3) is 2.64. The highest BCUT2D eigenvalue weighted by Crippen LogP contribution is 2.34. The zero-order chi connectivity index (χ0) is 11.8. The topological polar surface area (TPSA) is 47.0 Å². The Morgan fingerprint density at radius 3 is 2.47 bits per heavy atom. The summed E-state index contributed by atoms with van der Waals surface area (Å²) in [5, 5.41) is -0.593. The predicted molar refractivity (Wildman–Crippen MR) is 54.7 cm³/mol. The summed E-state index contributed by atoms with van der Waals surface area (Å²) in [5.41, 5.74) is -0.217. The molecule has 0 aliphatic carbocycles. The highest BCUT2D eigenvalue weighted by Gasteiger charge is 2.24. The smallest absolute Gasteiger partial charge is 0.242 e. The van der Waals surface area contributed by atoms with E-state index >= 15 is 0 Å². The van der Waals surface area contributed by atoms with Crippen LogP contribution in [-0.2, 0) is 9.05 Å². The van der Waals surface area contributed by atoms with Gasteiger partial charge in [0.25, 0.3) is 15.5 Å². The lowest BCUT2D eigenvalue weighted by Gasteiger charge is -2.09. The van der Waals surface area contributed by atoms with Crippen molar-refractivity contribution in [2.75, 3.05) is 0 Å². The Hall–Kier alpha value is -0.270. The molecule has 0 aliphatic rings. The summed E-state index contributed by atoms with van der Waals surface area (Å²) in [6, 6.07) is 0. The van der Waals surface area contributed by atoms with Crippen LogP contribution in [0.15, 0.2) is 15.7 Å². The number of halogens is 4. The quantitative estimate of drug-likeness (QED) is 0.787. The molecule has 0 bridgehead atoms. The minimum Gasteiger partial charge on any atom is -0.242 e. The van der Waals surface area contributed by atoms with E-state index in [0.29, 0.717) is 0 Å². The van der Waals surface area contributed by atoms with Gasteiger partial charge in [-0.25, -0.2) is 22.2 Å². The second-order valence-corrected chi connectivity index (χ2v) is 5.99. The van der Waals surface area contributed by atoms with Gasteiger partial charge in [0.15, 0.2) is 5.03 Å². The number of alkyl halides is 2. The van der Waals surface area contributed by atoms with E-state index in [1.807, 2.05) is 0 Å². The molecule has 0 N–H and O–H groups in total. The Morgan fingerprint density at radius 1 is 1.53 bits per heavy atom. The van der Waals surface area contributed by atoms with Crippen LogP contribution in [0.4, 0.5) is 8.78 Å². The molecule has 1 heterocycles. The lowest BCUT2D eigenvalue weighted by Crippen LogP contribution is -2.02. The van der Waals surface area contributed by atoms with Gasteiger partial charge in [0.05, 0.1) is 4.47 Å². The van der Waals surface area contributed by atoms with Gasteiger partial charge in [0.1, 0.15) is 0 Å². The van der Waals surface area contributed by atoms with Crippen LogP contribution in [0.2, 0.25) is 0 Å². The maximum atomic E-state index is 12.6. The summed E-state index contributed by atoms with van der Waals surface area (Å²) >= 11 is 2.76. The molecular formula is C7H5BrClF2NO2S. The van der Waals surface area contributed by atoms with E-state index in [9.17, 15) is 17.2 Å².